The number of halogens is 1. The van der Waals surface area contributed by atoms with Gasteiger partial charge >= 0.3 is 5.97 Å². The maximum atomic E-state index is 13.5. The summed E-state index contributed by atoms with van der Waals surface area (Å²) in [6, 6.07) is 2.89. The number of methoxy groups -OCH3 is 2. The van der Waals surface area contributed by atoms with E-state index in [1.807, 2.05) is 0 Å². The van der Waals surface area contributed by atoms with Gasteiger partial charge in [-0.1, -0.05) is 0 Å². The predicted molar refractivity (Wildman–Crippen MR) is 53.1 cm³/mol. The normalized spacial score (nSPS) is 9.80. The maximum Gasteiger partial charge on any atom is 0.310 e. The number of anilines is 1. The first kappa shape index (κ1) is 11.3. The van der Waals surface area contributed by atoms with E-state index < -0.39 is 11.8 Å². The van der Waals surface area contributed by atoms with Crippen molar-refractivity contribution in [2.75, 3.05) is 20.0 Å². The van der Waals surface area contributed by atoms with Crippen molar-refractivity contribution in [3.8, 4) is 5.75 Å². The molecule has 0 aromatic heterocycles. The Kier molecular flexibility index (Phi) is 3.49. The van der Waals surface area contributed by atoms with Crippen LogP contribution < -0.4 is 10.5 Å². The van der Waals surface area contributed by atoms with Crippen molar-refractivity contribution in [2.45, 2.75) is 6.42 Å². The van der Waals surface area contributed by atoms with Gasteiger partial charge in [0.25, 0.3) is 0 Å². The van der Waals surface area contributed by atoms with Crippen LogP contribution in [0.5, 0.6) is 5.75 Å². The lowest BCUT2D eigenvalue weighted by atomic mass is 10.1. The van der Waals surface area contributed by atoms with Gasteiger partial charge in [0.05, 0.1) is 26.3 Å². The van der Waals surface area contributed by atoms with E-state index in [2.05, 4.69) is 4.74 Å². The number of carbonyl (C=O) groups excluding carboxylic acids is 1. The molecule has 2 N–H and O–H groups in total. The molecule has 5 heteroatoms. The molecule has 0 atom stereocenters. The van der Waals surface area contributed by atoms with Crippen LogP contribution in [0.2, 0.25) is 0 Å². The van der Waals surface area contributed by atoms with Gasteiger partial charge in [-0.25, -0.2) is 4.39 Å². The first-order valence-electron chi connectivity index (χ1n) is 4.27. The minimum atomic E-state index is -0.639. The molecule has 0 fully saturated rings. The van der Waals surface area contributed by atoms with Crippen LogP contribution in [0.1, 0.15) is 5.56 Å². The zero-order chi connectivity index (χ0) is 11.4. The third-order valence-electron chi connectivity index (χ3n) is 2.00. The van der Waals surface area contributed by atoms with Crippen LogP contribution in [-0.2, 0) is 16.0 Å². The molecule has 0 heterocycles. The first-order chi connectivity index (χ1) is 7.10. The molecule has 4 nitrogen and oxygen atoms in total. The summed E-state index contributed by atoms with van der Waals surface area (Å²) in [4.78, 5) is 11.0. The molecule has 0 aliphatic heterocycles. The number of nitrogen functional groups attached to an aromatic ring is 1. The van der Waals surface area contributed by atoms with Gasteiger partial charge in [0.2, 0.25) is 0 Å². The molecule has 15 heavy (non-hydrogen) atoms. The first-order valence-corrected chi connectivity index (χ1v) is 4.27. The molecule has 0 radical (unpaired) electrons. The lowest BCUT2D eigenvalue weighted by Gasteiger charge is -2.09. The lowest BCUT2D eigenvalue weighted by Crippen LogP contribution is -2.09. The topological polar surface area (TPSA) is 61.5 Å². The molecular weight excluding hydrogens is 201 g/mol. The largest absolute Gasteiger partial charge is 0.496 e. The number of nitrogens with two attached hydrogens (primary N) is 1. The van der Waals surface area contributed by atoms with Gasteiger partial charge in [-0.3, -0.25) is 4.79 Å². The van der Waals surface area contributed by atoms with Gasteiger partial charge in [-0.05, 0) is 12.1 Å². The Hall–Kier alpha value is -1.78. The fraction of sp³-hybridized carbons (Fsp3) is 0.300. The predicted octanol–water partition coefficient (Wildman–Crippen LogP) is 1.13. The van der Waals surface area contributed by atoms with E-state index in [9.17, 15) is 9.18 Å². The molecular formula is C10H12FNO3. The summed E-state index contributed by atoms with van der Waals surface area (Å²) in [7, 11) is 2.63. The Morgan fingerprint density at radius 2 is 2.13 bits per heavy atom. The number of rotatable bonds is 3. The average Bonchev–Trinajstić information content (AvgIpc) is 2.25. The Morgan fingerprint density at radius 1 is 1.47 bits per heavy atom. The molecule has 1 rings (SSSR count). The summed E-state index contributed by atoms with van der Waals surface area (Å²) in [6.45, 7) is 0. The van der Waals surface area contributed by atoms with E-state index >= 15 is 0 Å². The Balaban J connectivity index is 3.12. The fourth-order valence-corrected chi connectivity index (χ4v) is 1.19. The summed E-state index contributed by atoms with van der Waals surface area (Å²) in [5.74, 6) is -0.898. The van der Waals surface area contributed by atoms with Crippen molar-refractivity contribution in [1.82, 2.24) is 0 Å². The van der Waals surface area contributed by atoms with Crippen LogP contribution in [0.4, 0.5) is 10.1 Å². The highest BCUT2D eigenvalue weighted by atomic mass is 19.1. The van der Waals surface area contributed by atoms with Crippen molar-refractivity contribution in [2.24, 2.45) is 0 Å². The maximum absolute atomic E-state index is 13.5. The second-order valence-corrected chi connectivity index (χ2v) is 2.90. The zero-order valence-corrected chi connectivity index (χ0v) is 8.54. The van der Waals surface area contributed by atoms with Gasteiger partial charge < -0.3 is 15.2 Å². The molecule has 1 aromatic rings. The molecule has 0 amide bonds. The van der Waals surface area contributed by atoms with E-state index in [0.717, 1.165) is 0 Å². The highest BCUT2D eigenvalue weighted by Crippen LogP contribution is 2.26. The third-order valence-corrected chi connectivity index (χ3v) is 2.00. The number of esters is 1. The van der Waals surface area contributed by atoms with E-state index in [1.54, 1.807) is 0 Å². The van der Waals surface area contributed by atoms with Crippen LogP contribution in [0.15, 0.2) is 12.1 Å². The van der Waals surface area contributed by atoms with Crippen molar-refractivity contribution in [3.05, 3.63) is 23.5 Å². The van der Waals surface area contributed by atoms with Gasteiger partial charge in [0.1, 0.15) is 5.75 Å². The Bertz CT molecular complexity index is 379. The highest BCUT2D eigenvalue weighted by Gasteiger charge is 2.16. The van der Waals surface area contributed by atoms with Crippen molar-refractivity contribution >= 4 is 11.7 Å². The second kappa shape index (κ2) is 4.63. The van der Waals surface area contributed by atoms with Crippen LogP contribution in [-0.4, -0.2) is 20.2 Å². The molecule has 0 bridgehead atoms. The van der Waals surface area contributed by atoms with Crippen LogP contribution in [0.25, 0.3) is 0 Å². The SMILES string of the molecule is COC(=O)Cc1c(OC)ccc(N)c1F. The summed E-state index contributed by atoms with van der Waals surface area (Å²) in [6.07, 6.45) is -0.198. The molecule has 82 valence electrons. The molecule has 0 saturated heterocycles. The van der Waals surface area contributed by atoms with Crippen LogP contribution >= 0.6 is 0 Å². The summed E-state index contributed by atoms with van der Waals surface area (Å²) in [5, 5.41) is 0. The molecule has 0 saturated carbocycles. The fourth-order valence-electron chi connectivity index (χ4n) is 1.19. The molecule has 0 spiro atoms. The lowest BCUT2D eigenvalue weighted by molar-refractivity contribution is -0.139. The van der Waals surface area contributed by atoms with Gasteiger partial charge in [-0.2, -0.15) is 0 Å². The molecule has 0 unspecified atom stereocenters. The van der Waals surface area contributed by atoms with E-state index in [-0.39, 0.29) is 23.4 Å². The third kappa shape index (κ3) is 2.37. The smallest absolute Gasteiger partial charge is 0.310 e. The van der Waals surface area contributed by atoms with E-state index in [0.29, 0.717) is 0 Å². The molecule has 0 aliphatic rings. The zero-order valence-electron chi connectivity index (χ0n) is 8.54. The molecule has 1 aromatic carbocycles. The number of benzene rings is 1. The van der Waals surface area contributed by atoms with Crippen molar-refractivity contribution in [1.29, 1.82) is 0 Å². The van der Waals surface area contributed by atoms with Gasteiger partial charge in [0.15, 0.2) is 5.82 Å². The van der Waals surface area contributed by atoms with Crippen LogP contribution in [0, 0.1) is 5.82 Å². The number of hydrogen-bond acceptors (Lipinski definition) is 4. The number of ether oxygens (including phenoxy) is 2. The van der Waals surface area contributed by atoms with Crippen molar-refractivity contribution in [3.63, 3.8) is 0 Å². The number of carbonyl (C=O) groups is 1. The van der Waals surface area contributed by atoms with Crippen LogP contribution in [0.3, 0.4) is 0 Å². The highest BCUT2D eigenvalue weighted by molar-refractivity contribution is 5.74. The average molecular weight is 213 g/mol. The Morgan fingerprint density at radius 3 is 2.67 bits per heavy atom. The number of hydrogen-bond donors (Lipinski definition) is 1. The monoisotopic (exact) mass is 213 g/mol. The van der Waals surface area contributed by atoms with Crippen molar-refractivity contribution < 1.29 is 18.7 Å². The minimum absolute atomic E-state index is 0.0188. The van der Waals surface area contributed by atoms with E-state index in [4.69, 9.17) is 10.5 Å². The minimum Gasteiger partial charge on any atom is -0.496 e. The van der Waals surface area contributed by atoms with E-state index in [1.165, 1.54) is 26.4 Å². The summed E-state index contributed by atoms with van der Waals surface area (Å²) in [5.41, 5.74) is 5.48. The summed E-state index contributed by atoms with van der Waals surface area (Å²) >= 11 is 0. The quantitative estimate of drug-likeness (QED) is 0.604. The van der Waals surface area contributed by atoms with Gasteiger partial charge in [0, 0.05) is 5.56 Å². The molecule has 0 aliphatic carbocycles. The summed E-state index contributed by atoms with van der Waals surface area (Å²) < 4.78 is 22.9. The van der Waals surface area contributed by atoms with Gasteiger partial charge in [-0.15, -0.1) is 0 Å². The second-order valence-electron chi connectivity index (χ2n) is 2.90. The Labute approximate surface area is 86.8 Å². The standard InChI is InChI=1S/C10H12FNO3/c1-14-8-4-3-7(12)10(11)6(8)5-9(13)15-2/h3-4H,5,12H2,1-2H3.